The van der Waals surface area contributed by atoms with Crippen LogP contribution in [0.5, 0.6) is 0 Å². The molecule has 0 fully saturated rings. The number of hydrogen-bond donors (Lipinski definition) is 4. The van der Waals surface area contributed by atoms with Crippen LogP contribution >= 0.6 is 0 Å². The minimum absolute atomic E-state index is 0.00852. The van der Waals surface area contributed by atoms with Gasteiger partial charge in [0, 0.05) is 11.1 Å². The topological polar surface area (TPSA) is 105 Å². The van der Waals surface area contributed by atoms with Crippen molar-refractivity contribution >= 4 is 17.5 Å². The van der Waals surface area contributed by atoms with Crippen LogP contribution < -0.4 is 11.1 Å². The Kier molecular flexibility index (Phi) is 8.14. The van der Waals surface area contributed by atoms with Gasteiger partial charge in [0.1, 0.15) is 5.60 Å². The van der Waals surface area contributed by atoms with Crippen molar-refractivity contribution in [3.05, 3.63) is 59.2 Å². The van der Waals surface area contributed by atoms with Gasteiger partial charge < -0.3 is 20.7 Å². The lowest BCUT2D eigenvalue weighted by Gasteiger charge is -2.20. The van der Waals surface area contributed by atoms with Gasteiger partial charge in [-0.1, -0.05) is 24.3 Å². The van der Waals surface area contributed by atoms with E-state index >= 15 is 0 Å². The number of nitrogens with two attached hydrogens (primary N) is 1. The summed E-state index contributed by atoms with van der Waals surface area (Å²) in [6.07, 6.45) is -0.730. The molecule has 0 aromatic heterocycles. The zero-order chi connectivity index (χ0) is 20.6. The number of anilines is 2. The summed E-state index contributed by atoms with van der Waals surface area (Å²) in [4.78, 5) is 11.4. The predicted molar refractivity (Wildman–Crippen MR) is 98.9 cm³/mol. The first kappa shape index (κ1) is 22.3. The molecule has 27 heavy (non-hydrogen) atoms. The van der Waals surface area contributed by atoms with Crippen molar-refractivity contribution < 1.29 is 28.5 Å². The molecule has 0 saturated carbocycles. The fourth-order valence-electron chi connectivity index (χ4n) is 1.93. The minimum atomic E-state index is -0.730. The van der Waals surface area contributed by atoms with Crippen LogP contribution in [0.4, 0.5) is 25.0 Å². The molecule has 1 amide bonds. The van der Waals surface area contributed by atoms with Crippen molar-refractivity contribution in [2.45, 2.75) is 39.6 Å². The lowest BCUT2D eigenvalue weighted by atomic mass is 10.2. The van der Waals surface area contributed by atoms with E-state index in [9.17, 15) is 13.6 Å². The van der Waals surface area contributed by atoms with E-state index in [-0.39, 0.29) is 29.1 Å². The summed E-state index contributed by atoms with van der Waals surface area (Å²) in [5, 5.41) is 19.7. The molecular weight excluding hydrogens is 358 g/mol. The minimum Gasteiger partial charge on any atom is -0.444 e. The lowest BCUT2D eigenvalue weighted by molar-refractivity contribution is 0.0635. The first-order chi connectivity index (χ1) is 12.6. The van der Waals surface area contributed by atoms with E-state index in [1.165, 1.54) is 24.3 Å². The summed E-state index contributed by atoms with van der Waals surface area (Å²) in [5.41, 5.74) is 4.99. The van der Waals surface area contributed by atoms with E-state index < -0.39 is 29.9 Å². The monoisotopic (exact) mass is 382 g/mol. The van der Waals surface area contributed by atoms with Gasteiger partial charge in [0.2, 0.25) is 0 Å². The Labute approximate surface area is 156 Å². The molecule has 6 nitrogen and oxygen atoms in total. The van der Waals surface area contributed by atoms with E-state index in [0.29, 0.717) is 0 Å². The zero-order valence-electron chi connectivity index (χ0n) is 15.4. The normalized spacial score (nSPS) is 10.6. The van der Waals surface area contributed by atoms with Crippen molar-refractivity contribution in [1.29, 1.82) is 0 Å². The Balaban J connectivity index is 0.000000309. The number of rotatable bonds is 3. The highest BCUT2D eigenvalue weighted by atomic mass is 19.1. The van der Waals surface area contributed by atoms with Crippen LogP contribution in [0.25, 0.3) is 0 Å². The fraction of sp³-hybridized carbons (Fsp3) is 0.316. The SMILES string of the molecule is CC(C)(C)OC(=O)Nc1cccc(CO)c1F.Nc1cccc(CO)c1F. The van der Waals surface area contributed by atoms with Crippen LogP contribution in [0.1, 0.15) is 31.9 Å². The molecule has 2 rings (SSSR count). The molecule has 0 saturated heterocycles. The Hall–Kier alpha value is -2.71. The van der Waals surface area contributed by atoms with Crippen molar-refractivity contribution in [3.63, 3.8) is 0 Å². The molecule has 8 heteroatoms. The maximum absolute atomic E-state index is 13.6. The van der Waals surface area contributed by atoms with E-state index in [0.717, 1.165) is 0 Å². The van der Waals surface area contributed by atoms with Gasteiger partial charge in [-0.25, -0.2) is 13.6 Å². The van der Waals surface area contributed by atoms with Crippen LogP contribution in [0.2, 0.25) is 0 Å². The molecular formula is C19H24F2N2O4. The summed E-state index contributed by atoms with van der Waals surface area (Å²) in [7, 11) is 0. The zero-order valence-corrected chi connectivity index (χ0v) is 15.4. The number of hydrogen-bond acceptors (Lipinski definition) is 5. The smallest absolute Gasteiger partial charge is 0.412 e. The second kappa shape index (κ2) is 9.84. The van der Waals surface area contributed by atoms with Gasteiger partial charge >= 0.3 is 6.09 Å². The largest absolute Gasteiger partial charge is 0.444 e. The number of carbonyl (C=O) groups is 1. The molecule has 0 aliphatic rings. The molecule has 0 radical (unpaired) electrons. The van der Waals surface area contributed by atoms with Gasteiger partial charge in [-0.15, -0.1) is 0 Å². The number of amides is 1. The van der Waals surface area contributed by atoms with E-state index in [4.69, 9.17) is 20.7 Å². The number of benzene rings is 2. The van der Waals surface area contributed by atoms with Crippen LogP contribution in [0.15, 0.2) is 36.4 Å². The Morgan fingerprint density at radius 3 is 2.04 bits per heavy atom. The van der Waals surface area contributed by atoms with Gasteiger partial charge in [0.15, 0.2) is 11.6 Å². The number of ether oxygens (including phenoxy) is 1. The average molecular weight is 382 g/mol. The van der Waals surface area contributed by atoms with Crippen molar-refractivity contribution in [1.82, 2.24) is 0 Å². The van der Waals surface area contributed by atoms with Crippen LogP contribution in [-0.4, -0.2) is 21.9 Å². The maximum Gasteiger partial charge on any atom is 0.412 e. The van der Waals surface area contributed by atoms with Crippen LogP contribution in [0.3, 0.4) is 0 Å². The number of carbonyl (C=O) groups excluding carboxylic acids is 1. The van der Waals surface area contributed by atoms with E-state index in [1.807, 2.05) is 0 Å². The molecule has 5 N–H and O–H groups in total. The highest BCUT2D eigenvalue weighted by Crippen LogP contribution is 2.19. The van der Waals surface area contributed by atoms with E-state index in [2.05, 4.69) is 5.32 Å². The highest BCUT2D eigenvalue weighted by Gasteiger charge is 2.17. The van der Waals surface area contributed by atoms with Gasteiger partial charge in [-0.3, -0.25) is 5.32 Å². The molecule has 2 aromatic rings. The second-order valence-corrected chi connectivity index (χ2v) is 6.54. The number of aliphatic hydroxyl groups excluding tert-OH is 2. The summed E-state index contributed by atoms with van der Waals surface area (Å²) in [5.74, 6) is -1.18. The average Bonchev–Trinajstić information content (AvgIpc) is 2.58. The first-order valence-electron chi connectivity index (χ1n) is 8.11. The summed E-state index contributed by atoms with van der Waals surface area (Å²) >= 11 is 0. The van der Waals surface area contributed by atoms with Crippen molar-refractivity contribution in [2.24, 2.45) is 0 Å². The van der Waals surface area contributed by atoms with Crippen LogP contribution in [0, 0.1) is 11.6 Å². The third-order valence-electron chi connectivity index (χ3n) is 3.16. The Morgan fingerprint density at radius 2 is 1.56 bits per heavy atom. The van der Waals surface area contributed by atoms with Crippen LogP contribution in [-0.2, 0) is 18.0 Å². The van der Waals surface area contributed by atoms with Gasteiger partial charge in [-0.05, 0) is 32.9 Å². The standard InChI is InChI=1S/C12H16FNO3.C7H8FNO/c1-12(2,3)17-11(16)14-9-6-4-5-8(7-15)10(9)13;8-7-5(4-10)2-1-3-6(7)9/h4-6,15H,7H2,1-3H3,(H,14,16);1-3,10H,4,9H2. The Bertz CT molecular complexity index is 777. The molecule has 0 atom stereocenters. The lowest BCUT2D eigenvalue weighted by Crippen LogP contribution is -2.27. The molecule has 2 aromatic carbocycles. The summed E-state index contributed by atoms with van der Waals surface area (Å²) in [6.45, 7) is 4.42. The molecule has 0 unspecified atom stereocenters. The summed E-state index contributed by atoms with van der Waals surface area (Å²) in [6, 6.07) is 8.93. The second-order valence-electron chi connectivity index (χ2n) is 6.54. The molecule has 0 aliphatic carbocycles. The number of aliphatic hydroxyl groups is 2. The summed E-state index contributed by atoms with van der Waals surface area (Å²) < 4.78 is 31.3. The molecule has 0 aliphatic heterocycles. The third-order valence-corrected chi connectivity index (χ3v) is 3.16. The van der Waals surface area contributed by atoms with Gasteiger partial charge in [0.05, 0.1) is 24.6 Å². The molecule has 0 spiro atoms. The van der Waals surface area contributed by atoms with E-state index in [1.54, 1.807) is 32.9 Å². The number of nitrogens with one attached hydrogen (secondary N) is 1. The predicted octanol–water partition coefficient (Wildman–Crippen LogP) is 3.57. The Morgan fingerprint density at radius 1 is 1.04 bits per heavy atom. The van der Waals surface area contributed by atoms with Crippen molar-refractivity contribution in [3.8, 4) is 0 Å². The first-order valence-corrected chi connectivity index (χ1v) is 8.11. The van der Waals surface area contributed by atoms with Gasteiger partial charge in [-0.2, -0.15) is 0 Å². The quantitative estimate of drug-likeness (QED) is 0.608. The van der Waals surface area contributed by atoms with Crippen molar-refractivity contribution in [2.75, 3.05) is 11.1 Å². The number of halogens is 2. The molecule has 0 heterocycles. The van der Waals surface area contributed by atoms with Gasteiger partial charge in [0.25, 0.3) is 0 Å². The molecule has 148 valence electrons. The highest BCUT2D eigenvalue weighted by molar-refractivity contribution is 5.85. The molecule has 0 bridgehead atoms. The third kappa shape index (κ3) is 7.20. The fourth-order valence-corrected chi connectivity index (χ4v) is 1.93. The maximum atomic E-state index is 13.6. The number of nitrogen functional groups attached to an aromatic ring is 1.